The van der Waals surface area contributed by atoms with E-state index in [2.05, 4.69) is 45.3 Å². The molecule has 0 saturated heterocycles. The average Bonchev–Trinajstić information content (AvgIpc) is 2.99. The van der Waals surface area contributed by atoms with E-state index in [0.29, 0.717) is 6.04 Å². The molecule has 1 unspecified atom stereocenters. The number of benzene rings is 1. The summed E-state index contributed by atoms with van der Waals surface area (Å²) in [4.78, 5) is 16.7. The second-order valence-corrected chi connectivity index (χ2v) is 8.98. The predicted molar refractivity (Wildman–Crippen MR) is 108 cm³/mol. The largest absolute Gasteiger partial charge is 0.496 e. The SMILES string of the molecule is COc1ccc(Br)cc1C1NC(=O)c2c(sc3c2CCN(C(C)C)C3)N1. The Labute approximate surface area is 165 Å². The number of ether oxygens (including phenoxy) is 1. The molecule has 3 heterocycles. The summed E-state index contributed by atoms with van der Waals surface area (Å²) >= 11 is 5.22. The van der Waals surface area contributed by atoms with Gasteiger partial charge in [0, 0.05) is 34.0 Å². The fraction of sp³-hybridized carbons (Fsp3) is 0.421. The summed E-state index contributed by atoms with van der Waals surface area (Å²) in [6.07, 6.45) is 0.628. The third-order valence-corrected chi connectivity index (χ3v) is 6.74. The van der Waals surface area contributed by atoms with Gasteiger partial charge < -0.3 is 15.4 Å². The van der Waals surface area contributed by atoms with Crippen LogP contribution in [0.5, 0.6) is 5.75 Å². The van der Waals surface area contributed by atoms with Crippen molar-refractivity contribution in [1.82, 2.24) is 10.2 Å². The van der Waals surface area contributed by atoms with Gasteiger partial charge in [0.15, 0.2) is 0 Å². The smallest absolute Gasteiger partial charge is 0.256 e. The second-order valence-electron chi connectivity index (χ2n) is 6.96. The van der Waals surface area contributed by atoms with Gasteiger partial charge in [0.05, 0.1) is 12.7 Å². The Bertz CT molecular complexity index is 865. The maximum atomic E-state index is 12.9. The van der Waals surface area contributed by atoms with Crippen LogP contribution >= 0.6 is 27.3 Å². The van der Waals surface area contributed by atoms with Crippen molar-refractivity contribution in [2.24, 2.45) is 0 Å². The number of hydrogen-bond donors (Lipinski definition) is 2. The van der Waals surface area contributed by atoms with Gasteiger partial charge in [-0.3, -0.25) is 9.69 Å². The number of halogens is 1. The normalized spacial score (nSPS) is 19.6. The highest BCUT2D eigenvalue weighted by molar-refractivity contribution is 9.10. The molecule has 0 fully saturated rings. The summed E-state index contributed by atoms with van der Waals surface area (Å²) in [5, 5.41) is 7.59. The lowest BCUT2D eigenvalue weighted by Crippen LogP contribution is -2.39. The molecule has 0 saturated carbocycles. The summed E-state index contributed by atoms with van der Waals surface area (Å²) < 4.78 is 6.44. The van der Waals surface area contributed by atoms with Crippen molar-refractivity contribution in [3.05, 3.63) is 44.2 Å². The molecule has 2 aromatic rings. The van der Waals surface area contributed by atoms with Gasteiger partial charge in [-0.2, -0.15) is 0 Å². The van der Waals surface area contributed by atoms with Crippen LogP contribution in [0.15, 0.2) is 22.7 Å². The van der Waals surface area contributed by atoms with Gasteiger partial charge in [-0.1, -0.05) is 15.9 Å². The number of nitrogens with zero attached hydrogens (tertiary/aromatic N) is 1. The molecule has 4 rings (SSSR count). The number of thiophene rings is 1. The third kappa shape index (κ3) is 3.02. The molecule has 0 radical (unpaired) electrons. The summed E-state index contributed by atoms with van der Waals surface area (Å²) in [7, 11) is 1.65. The van der Waals surface area contributed by atoms with Crippen LogP contribution in [0, 0.1) is 0 Å². The lowest BCUT2D eigenvalue weighted by molar-refractivity contribution is 0.0934. The highest BCUT2D eigenvalue weighted by Gasteiger charge is 2.34. The molecule has 7 heteroatoms. The first-order valence-corrected chi connectivity index (χ1v) is 10.4. The number of methoxy groups -OCH3 is 1. The Morgan fingerprint density at radius 2 is 2.15 bits per heavy atom. The van der Waals surface area contributed by atoms with Gasteiger partial charge in [0.25, 0.3) is 5.91 Å². The highest BCUT2D eigenvalue weighted by Crippen LogP contribution is 2.42. The molecule has 0 bridgehead atoms. The van der Waals surface area contributed by atoms with Crippen LogP contribution in [-0.4, -0.2) is 30.5 Å². The fourth-order valence-corrected chi connectivity index (χ4v) is 5.34. The number of carbonyl (C=O) groups is 1. The van der Waals surface area contributed by atoms with E-state index < -0.39 is 0 Å². The number of carbonyl (C=O) groups excluding carboxylic acids is 1. The summed E-state index contributed by atoms with van der Waals surface area (Å²) in [6.45, 7) is 6.37. The number of hydrogen-bond acceptors (Lipinski definition) is 5. The van der Waals surface area contributed by atoms with E-state index >= 15 is 0 Å². The van der Waals surface area contributed by atoms with Crippen LogP contribution in [0.1, 0.15) is 46.4 Å². The van der Waals surface area contributed by atoms with Crippen molar-refractivity contribution in [2.75, 3.05) is 19.0 Å². The molecular formula is C19H22BrN3O2S. The number of fused-ring (bicyclic) bond motifs is 3. The minimum Gasteiger partial charge on any atom is -0.496 e. The Kier molecular flexibility index (Phi) is 4.71. The Morgan fingerprint density at radius 1 is 1.35 bits per heavy atom. The first-order valence-electron chi connectivity index (χ1n) is 8.77. The first kappa shape index (κ1) is 17.8. The van der Waals surface area contributed by atoms with Crippen LogP contribution in [0.4, 0.5) is 5.00 Å². The number of anilines is 1. The minimum absolute atomic E-state index is 0.00118. The predicted octanol–water partition coefficient (Wildman–Crippen LogP) is 4.14. The van der Waals surface area contributed by atoms with Gasteiger partial charge in [0.2, 0.25) is 0 Å². The van der Waals surface area contributed by atoms with Crippen LogP contribution in [0.25, 0.3) is 0 Å². The van der Waals surface area contributed by atoms with Gasteiger partial charge in [-0.25, -0.2) is 0 Å². The van der Waals surface area contributed by atoms with Gasteiger partial charge >= 0.3 is 0 Å². The van der Waals surface area contributed by atoms with Crippen molar-refractivity contribution in [3.63, 3.8) is 0 Å². The van der Waals surface area contributed by atoms with Crippen LogP contribution < -0.4 is 15.4 Å². The fourth-order valence-electron chi connectivity index (χ4n) is 3.66. The zero-order chi connectivity index (χ0) is 18.4. The molecule has 26 heavy (non-hydrogen) atoms. The number of nitrogens with one attached hydrogen (secondary N) is 2. The van der Waals surface area contributed by atoms with Crippen LogP contribution in [0.3, 0.4) is 0 Å². The Balaban J connectivity index is 1.68. The van der Waals surface area contributed by atoms with Crippen molar-refractivity contribution in [2.45, 2.75) is 39.0 Å². The van der Waals surface area contributed by atoms with E-state index in [1.807, 2.05) is 18.2 Å². The average molecular weight is 436 g/mol. The molecule has 2 N–H and O–H groups in total. The molecule has 2 aliphatic heterocycles. The zero-order valence-corrected chi connectivity index (χ0v) is 17.5. The quantitative estimate of drug-likeness (QED) is 0.760. The lowest BCUT2D eigenvalue weighted by atomic mass is 9.99. The first-order chi connectivity index (χ1) is 12.5. The molecule has 1 amide bonds. The summed E-state index contributed by atoms with van der Waals surface area (Å²) in [5.41, 5.74) is 2.96. The van der Waals surface area contributed by atoms with Gasteiger partial charge in [-0.05, 0) is 44.0 Å². The van der Waals surface area contributed by atoms with E-state index in [4.69, 9.17) is 4.74 Å². The Hall–Kier alpha value is -1.57. The molecule has 0 spiro atoms. The van der Waals surface area contributed by atoms with Crippen molar-refractivity contribution < 1.29 is 9.53 Å². The van der Waals surface area contributed by atoms with Crippen molar-refractivity contribution in [1.29, 1.82) is 0 Å². The zero-order valence-electron chi connectivity index (χ0n) is 15.1. The molecule has 5 nitrogen and oxygen atoms in total. The molecule has 1 aromatic heterocycles. The minimum atomic E-state index is -0.302. The molecule has 1 aromatic carbocycles. The molecule has 0 aliphatic carbocycles. The van der Waals surface area contributed by atoms with Gasteiger partial charge in [0.1, 0.15) is 16.9 Å². The topological polar surface area (TPSA) is 53.6 Å². The second kappa shape index (κ2) is 6.87. The third-order valence-electron chi connectivity index (χ3n) is 5.10. The van der Waals surface area contributed by atoms with E-state index in [1.165, 1.54) is 10.4 Å². The van der Waals surface area contributed by atoms with E-state index in [0.717, 1.165) is 45.9 Å². The van der Waals surface area contributed by atoms with Crippen molar-refractivity contribution >= 4 is 38.2 Å². The molecule has 138 valence electrons. The van der Waals surface area contributed by atoms with E-state index in [9.17, 15) is 4.79 Å². The van der Waals surface area contributed by atoms with E-state index in [1.54, 1.807) is 18.4 Å². The molecule has 1 atom stereocenters. The number of rotatable bonds is 3. The summed E-state index contributed by atoms with van der Waals surface area (Å²) in [6, 6.07) is 6.34. The van der Waals surface area contributed by atoms with Crippen LogP contribution in [0.2, 0.25) is 0 Å². The van der Waals surface area contributed by atoms with Gasteiger partial charge in [-0.15, -0.1) is 11.3 Å². The standard InChI is InChI=1S/C19H22BrN3O2S/c1-10(2)23-7-6-12-15(9-23)26-19-16(12)18(24)21-17(22-19)13-8-11(20)4-5-14(13)25-3/h4-5,8,10,17,22H,6-7,9H2,1-3H3,(H,21,24). The molecular weight excluding hydrogens is 414 g/mol. The summed E-state index contributed by atoms with van der Waals surface area (Å²) in [5.74, 6) is 0.753. The Morgan fingerprint density at radius 3 is 2.88 bits per heavy atom. The molecule has 2 aliphatic rings. The van der Waals surface area contributed by atoms with Crippen LogP contribution in [-0.2, 0) is 13.0 Å². The highest BCUT2D eigenvalue weighted by atomic mass is 79.9. The number of amides is 1. The lowest BCUT2D eigenvalue weighted by Gasteiger charge is -2.31. The van der Waals surface area contributed by atoms with Crippen molar-refractivity contribution in [3.8, 4) is 5.75 Å². The van der Waals surface area contributed by atoms with E-state index in [-0.39, 0.29) is 12.1 Å². The monoisotopic (exact) mass is 435 g/mol. The maximum Gasteiger partial charge on any atom is 0.256 e. The maximum absolute atomic E-state index is 12.9.